The third-order valence-electron chi connectivity index (χ3n) is 4.65. The van der Waals surface area contributed by atoms with Crippen molar-refractivity contribution in [1.29, 1.82) is 0 Å². The summed E-state index contributed by atoms with van der Waals surface area (Å²) in [4.78, 5) is 26.5. The van der Waals surface area contributed by atoms with E-state index in [9.17, 15) is 9.59 Å². The van der Waals surface area contributed by atoms with E-state index < -0.39 is 10.9 Å². The lowest BCUT2D eigenvalue weighted by atomic mass is 9.94. The van der Waals surface area contributed by atoms with Gasteiger partial charge in [0.2, 0.25) is 5.43 Å². The predicted molar refractivity (Wildman–Crippen MR) is 102 cm³/mol. The van der Waals surface area contributed by atoms with Crippen LogP contribution in [0.3, 0.4) is 0 Å². The maximum Gasteiger partial charge on any atom is 0.250 e. The van der Waals surface area contributed by atoms with Gasteiger partial charge in [0.15, 0.2) is 0 Å². The minimum atomic E-state index is -0.425. The molecule has 0 aliphatic carbocycles. The molecule has 0 radical (unpaired) electrons. The molecule has 0 aromatic heterocycles. The molecule has 0 aliphatic heterocycles. The zero-order valence-corrected chi connectivity index (χ0v) is 14.9. The minimum Gasteiger partial charge on any atom is -0.497 e. The molecule has 0 N–H and O–H groups in total. The summed E-state index contributed by atoms with van der Waals surface area (Å²) >= 11 is 0. The van der Waals surface area contributed by atoms with E-state index >= 15 is 0 Å². The molecule has 128 valence electrons. The lowest BCUT2D eigenvalue weighted by molar-refractivity contribution is 0.415. The number of methoxy groups -OCH3 is 1. The lowest BCUT2D eigenvalue weighted by Crippen LogP contribution is -2.40. The number of hydrogen-bond acceptors (Lipinski definition) is 4. The topological polar surface area (TPSA) is 46.6 Å². The van der Waals surface area contributed by atoms with Gasteiger partial charge in [0, 0.05) is 12.2 Å². The van der Waals surface area contributed by atoms with Gasteiger partial charge in [-0.25, -0.2) is 0 Å². The Hall–Kier alpha value is -2.88. The Bertz CT molecular complexity index is 980. The number of anilines is 2. The van der Waals surface area contributed by atoms with Crippen molar-refractivity contribution in [2.24, 2.45) is 0 Å². The van der Waals surface area contributed by atoms with Gasteiger partial charge < -0.3 is 9.64 Å². The second-order valence-electron chi connectivity index (χ2n) is 6.12. The molecule has 0 spiro atoms. The first-order valence-electron chi connectivity index (χ1n) is 8.30. The van der Waals surface area contributed by atoms with Crippen LogP contribution in [-0.2, 0) is 0 Å². The normalized spacial score (nSPS) is 10.9. The van der Waals surface area contributed by atoms with Crippen molar-refractivity contribution >= 4 is 11.4 Å². The minimum absolute atomic E-state index is 0.412. The monoisotopic (exact) mass is 335 g/mol. The number of aryl methyl sites for hydroxylation is 2. The fourth-order valence-electron chi connectivity index (χ4n) is 3.03. The highest BCUT2D eigenvalue weighted by Crippen LogP contribution is 2.33. The standard InChI is InChI=1S/C21H21NO3/c1-5-22(16-8-10-17(25-4)11-9-16)19-18(20(23)21(19)24)15-7-6-13(2)14(3)12-15/h6-12H,5H2,1-4H3. The Kier molecular flexibility index (Phi) is 4.45. The number of ether oxygens (including phenoxy) is 1. The van der Waals surface area contributed by atoms with Crippen LogP contribution in [0.15, 0.2) is 52.1 Å². The molecule has 4 heteroatoms. The summed E-state index contributed by atoms with van der Waals surface area (Å²) in [7, 11) is 1.61. The van der Waals surface area contributed by atoms with Gasteiger partial charge in [-0.15, -0.1) is 0 Å². The van der Waals surface area contributed by atoms with Gasteiger partial charge in [0.25, 0.3) is 5.43 Å². The predicted octanol–water partition coefficient (Wildman–Crippen LogP) is 3.73. The van der Waals surface area contributed by atoms with Crippen molar-refractivity contribution in [1.82, 2.24) is 0 Å². The lowest BCUT2D eigenvalue weighted by Gasteiger charge is -2.26. The van der Waals surface area contributed by atoms with E-state index in [1.54, 1.807) is 7.11 Å². The van der Waals surface area contributed by atoms with Crippen LogP contribution < -0.4 is 20.5 Å². The van der Waals surface area contributed by atoms with Gasteiger partial charge in [-0.3, -0.25) is 9.59 Å². The zero-order chi connectivity index (χ0) is 18.1. The van der Waals surface area contributed by atoms with Crippen LogP contribution in [0.2, 0.25) is 0 Å². The molecule has 4 nitrogen and oxygen atoms in total. The molecule has 0 bridgehead atoms. The molecule has 0 saturated heterocycles. The first-order chi connectivity index (χ1) is 12.0. The van der Waals surface area contributed by atoms with Crippen molar-refractivity contribution < 1.29 is 4.74 Å². The molecular weight excluding hydrogens is 314 g/mol. The smallest absolute Gasteiger partial charge is 0.250 e. The van der Waals surface area contributed by atoms with Crippen molar-refractivity contribution in [2.45, 2.75) is 20.8 Å². The average molecular weight is 335 g/mol. The van der Waals surface area contributed by atoms with Gasteiger partial charge in [-0.2, -0.15) is 0 Å². The fourth-order valence-corrected chi connectivity index (χ4v) is 3.03. The van der Waals surface area contributed by atoms with Crippen LogP contribution in [-0.4, -0.2) is 13.7 Å². The second kappa shape index (κ2) is 6.55. The van der Waals surface area contributed by atoms with Gasteiger partial charge >= 0.3 is 0 Å². The Labute approximate surface area is 147 Å². The first kappa shape index (κ1) is 17.0. The first-order valence-corrected chi connectivity index (χ1v) is 8.30. The molecular formula is C21H21NO3. The summed E-state index contributed by atoms with van der Waals surface area (Å²) in [5.74, 6) is 0.749. The molecule has 0 aliphatic rings. The van der Waals surface area contributed by atoms with Gasteiger partial charge in [-0.1, -0.05) is 18.2 Å². The summed E-state index contributed by atoms with van der Waals surface area (Å²) < 4.78 is 5.18. The van der Waals surface area contributed by atoms with E-state index in [2.05, 4.69) is 0 Å². The molecule has 0 amide bonds. The Morgan fingerprint density at radius 2 is 1.60 bits per heavy atom. The SMILES string of the molecule is CCN(c1ccc(OC)cc1)c1c(-c2ccc(C)c(C)c2)c(=O)c1=O. The maximum absolute atomic E-state index is 12.3. The molecule has 3 rings (SSSR count). The summed E-state index contributed by atoms with van der Waals surface area (Å²) in [6.45, 7) is 6.59. The van der Waals surface area contributed by atoms with Gasteiger partial charge in [0.1, 0.15) is 11.4 Å². The van der Waals surface area contributed by atoms with Gasteiger partial charge in [-0.05, 0) is 61.7 Å². The van der Waals surface area contributed by atoms with Gasteiger partial charge in [0.05, 0.1) is 12.7 Å². The Balaban J connectivity index is 2.09. The molecule has 3 aromatic carbocycles. The van der Waals surface area contributed by atoms with Crippen LogP contribution in [0.1, 0.15) is 18.1 Å². The Morgan fingerprint density at radius 3 is 2.16 bits per heavy atom. The van der Waals surface area contributed by atoms with Crippen molar-refractivity contribution in [3.63, 3.8) is 0 Å². The van der Waals surface area contributed by atoms with E-state index in [1.807, 2.05) is 68.1 Å². The van der Waals surface area contributed by atoms with Crippen LogP contribution >= 0.6 is 0 Å². The van der Waals surface area contributed by atoms with Crippen LogP contribution in [0, 0.1) is 13.8 Å². The molecule has 0 heterocycles. The molecule has 0 saturated carbocycles. The van der Waals surface area contributed by atoms with Crippen LogP contribution in [0.25, 0.3) is 11.1 Å². The number of nitrogens with zero attached hydrogens (tertiary/aromatic N) is 1. The Morgan fingerprint density at radius 1 is 0.920 bits per heavy atom. The zero-order valence-electron chi connectivity index (χ0n) is 14.9. The fraction of sp³-hybridized carbons (Fsp3) is 0.238. The van der Waals surface area contributed by atoms with Crippen molar-refractivity contribution in [3.05, 3.63) is 74.0 Å². The summed E-state index contributed by atoms with van der Waals surface area (Å²) in [5, 5.41) is 0. The van der Waals surface area contributed by atoms with E-state index in [1.165, 1.54) is 0 Å². The average Bonchev–Trinajstić information content (AvgIpc) is 2.64. The largest absolute Gasteiger partial charge is 0.497 e. The second-order valence-corrected chi connectivity index (χ2v) is 6.12. The third-order valence-corrected chi connectivity index (χ3v) is 4.65. The highest BCUT2D eigenvalue weighted by molar-refractivity contribution is 5.86. The summed E-state index contributed by atoms with van der Waals surface area (Å²) in [5.41, 5.74) is 4.06. The van der Waals surface area contributed by atoms with E-state index in [4.69, 9.17) is 4.74 Å². The molecule has 3 aromatic rings. The molecule has 0 atom stereocenters. The summed E-state index contributed by atoms with van der Waals surface area (Å²) in [6.07, 6.45) is 0. The third kappa shape index (κ3) is 2.84. The highest BCUT2D eigenvalue weighted by atomic mass is 16.5. The number of hydrogen-bond donors (Lipinski definition) is 0. The number of benzene rings is 2. The van der Waals surface area contributed by atoms with E-state index in [-0.39, 0.29) is 0 Å². The van der Waals surface area contributed by atoms with Crippen LogP contribution in [0.5, 0.6) is 5.75 Å². The molecule has 0 fully saturated rings. The van der Waals surface area contributed by atoms with Crippen LogP contribution in [0.4, 0.5) is 11.4 Å². The highest BCUT2D eigenvalue weighted by Gasteiger charge is 2.27. The van der Waals surface area contributed by atoms with E-state index in [0.29, 0.717) is 17.8 Å². The van der Waals surface area contributed by atoms with E-state index in [0.717, 1.165) is 28.1 Å². The molecule has 0 unspecified atom stereocenters. The van der Waals surface area contributed by atoms with Crippen molar-refractivity contribution in [2.75, 3.05) is 18.6 Å². The number of rotatable bonds is 5. The van der Waals surface area contributed by atoms with Crippen molar-refractivity contribution in [3.8, 4) is 16.9 Å². The maximum atomic E-state index is 12.3. The summed E-state index contributed by atoms with van der Waals surface area (Å²) in [6, 6.07) is 13.3. The molecule has 25 heavy (non-hydrogen) atoms. The quantitative estimate of drug-likeness (QED) is 0.667.